The maximum absolute atomic E-state index is 13.4. The van der Waals surface area contributed by atoms with E-state index < -0.39 is 5.82 Å². The number of rotatable bonds is 1. The monoisotopic (exact) mass is 286 g/mol. The van der Waals surface area contributed by atoms with Crippen LogP contribution in [0.4, 0.5) is 10.3 Å². The number of nitrogens with two attached hydrogens (primary N) is 1. The van der Waals surface area contributed by atoms with Crippen LogP contribution in [0.1, 0.15) is 5.56 Å². The molecule has 0 atom stereocenters. The third kappa shape index (κ3) is 1.78. The molecule has 1 heterocycles. The molecule has 2 N–H and O–H groups in total. The van der Waals surface area contributed by atoms with Gasteiger partial charge in [-0.25, -0.2) is 9.37 Å². The summed E-state index contributed by atoms with van der Waals surface area (Å²) in [7, 11) is 0. The summed E-state index contributed by atoms with van der Waals surface area (Å²) in [5.41, 5.74) is 7.64. The van der Waals surface area contributed by atoms with Gasteiger partial charge in [0.15, 0.2) is 0 Å². The van der Waals surface area contributed by atoms with Gasteiger partial charge in [-0.3, -0.25) is 4.57 Å². The number of anilines is 1. The van der Waals surface area contributed by atoms with Gasteiger partial charge in [0.25, 0.3) is 0 Å². The number of nitrogen functional groups attached to an aromatic ring is 1. The van der Waals surface area contributed by atoms with Gasteiger partial charge in [0.05, 0.1) is 27.3 Å². The second-order valence-corrected chi connectivity index (χ2v) is 4.60. The number of fused-ring (bicyclic) bond motifs is 1. The quantitative estimate of drug-likeness (QED) is 0.746. The second kappa shape index (κ2) is 4.51. The van der Waals surface area contributed by atoms with Crippen LogP contribution in [0.2, 0.25) is 5.02 Å². The van der Waals surface area contributed by atoms with Crippen molar-refractivity contribution in [3.05, 3.63) is 52.8 Å². The number of hydrogen-bond donors (Lipinski definition) is 1. The largest absolute Gasteiger partial charge is 0.369 e. The summed E-state index contributed by atoms with van der Waals surface area (Å²) in [5.74, 6) is -0.353. The predicted molar refractivity (Wildman–Crippen MR) is 75.2 cm³/mol. The Kier molecular flexibility index (Phi) is 2.81. The number of imidazole rings is 1. The first-order valence-corrected chi connectivity index (χ1v) is 6.12. The Morgan fingerprint density at radius 3 is 2.85 bits per heavy atom. The van der Waals surface area contributed by atoms with Gasteiger partial charge in [-0.15, -0.1) is 0 Å². The molecule has 0 saturated carbocycles. The number of benzene rings is 2. The molecule has 98 valence electrons. The Morgan fingerprint density at radius 1 is 1.30 bits per heavy atom. The van der Waals surface area contributed by atoms with Crippen LogP contribution in [-0.4, -0.2) is 9.55 Å². The first kappa shape index (κ1) is 12.5. The van der Waals surface area contributed by atoms with E-state index in [9.17, 15) is 4.39 Å². The van der Waals surface area contributed by atoms with Crippen molar-refractivity contribution in [1.82, 2.24) is 9.55 Å². The molecule has 3 rings (SSSR count). The first-order chi connectivity index (χ1) is 9.61. The minimum absolute atomic E-state index is 0.0594. The Hall–Kier alpha value is -2.58. The van der Waals surface area contributed by atoms with Crippen molar-refractivity contribution < 1.29 is 4.39 Å². The SMILES string of the molecule is N#Cc1cc(-n2c(N)nc3cccc(Cl)c32)ccc1F. The zero-order valence-electron chi connectivity index (χ0n) is 10.1. The lowest BCUT2D eigenvalue weighted by molar-refractivity contribution is 0.623. The van der Waals surface area contributed by atoms with Gasteiger partial charge in [0.2, 0.25) is 5.95 Å². The van der Waals surface area contributed by atoms with E-state index in [0.717, 1.165) is 0 Å². The van der Waals surface area contributed by atoms with E-state index in [-0.39, 0.29) is 11.5 Å². The first-order valence-electron chi connectivity index (χ1n) is 5.74. The average Bonchev–Trinajstić information content (AvgIpc) is 2.77. The molecule has 0 aliphatic rings. The van der Waals surface area contributed by atoms with Crippen LogP contribution in [-0.2, 0) is 0 Å². The van der Waals surface area contributed by atoms with E-state index in [1.807, 2.05) is 0 Å². The summed E-state index contributed by atoms with van der Waals surface area (Å²) in [4.78, 5) is 4.21. The van der Waals surface area contributed by atoms with E-state index in [4.69, 9.17) is 22.6 Å². The van der Waals surface area contributed by atoms with Gasteiger partial charge in [-0.05, 0) is 30.3 Å². The molecule has 0 spiro atoms. The molecule has 1 aromatic heterocycles. The van der Waals surface area contributed by atoms with Crippen molar-refractivity contribution in [3.63, 3.8) is 0 Å². The number of nitrogens with zero attached hydrogens (tertiary/aromatic N) is 3. The highest BCUT2D eigenvalue weighted by Crippen LogP contribution is 2.29. The third-order valence-electron chi connectivity index (χ3n) is 2.98. The molecule has 2 aromatic carbocycles. The van der Waals surface area contributed by atoms with Crippen LogP contribution in [0.15, 0.2) is 36.4 Å². The number of halogens is 2. The zero-order chi connectivity index (χ0) is 14.3. The van der Waals surface area contributed by atoms with E-state index >= 15 is 0 Å². The van der Waals surface area contributed by atoms with Crippen molar-refractivity contribution >= 4 is 28.6 Å². The van der Waals surface area contributed by atoms with Crippen molar-refractivity contribution in [2.24, 2.45) is 0 Å². The molecule has 0 unspecified atom stereocenters. The highest BCUT2D eigenvalue weighted by atomic mass is 35.5. The standard InChI is InChI=1S/C14H8ClFN4/c15-10-2-1-3-12-13(10)20(14(18)19-12)9-4-5-11(16)8(6-9)7-17/h1-6H,(H2,18,19). The van der Waals surface area contributed by atoms with E-state index in [1.54, 1.807) is 28.8 Å². The molecule has 0 bridgehead atoms. The molecule has 0 aliphatic heterocycles. The summed E-state index contributed by atoms with van der Waals surface area (Å²) in [6.07, 6.45) is 0. The van der Waals surface area contributed by atoms with Crippen LogP contribution in [0.5, 0.6) is 0 Å². The number of para-hydroxylation sites is 1. The van der Waals surface area contributed by atoms with Crippen molar-refractivity contribution in [2.75, 3.05) is 5.73 Å². The van der Waals surface area contributed by atoms with E-state index in [1.165, 1.54) is 18.2 Å². The molecule has 0 aliphatic carbocycles. The minimum atomic E-state index is -0.578. The lowest BCUT2D eigenvalue weighted by Gasteiger charge is -2.08. The van der Waals surface area contributed by atoms with E-state index in [0.29, 0.717) is 21.7 Å². The maximum Gasteiger partial charge on any atom is 0.205 e. The van der Waals surface area contributed by atoms with Crippen molar-refractivity contribution in [3.8, 4) is 11.8 Å². The smallest absolute Gasteiger partial charge is 0.205 e. The molecular formula is C14H8ClFN4. The van der Waals surface area contributed by atoms with Crippen LogP contribution in [0.25, 0.3) is 16.7 Å². The lowest BCUT2D eigenvalue weighted by Crippen LogP contribution is -2.01. The molecule has 3 aromatic rings. The average molecular weight is 287 g/mol. The summed E-state index contributed by atoms with van der Waals surface area (Å²) < 4.78 is 15.0. The van der Waals surface area contributed by atoms with Gasteiger partial charge in [-0.1, -0.05) is 17.7 Å². The van der Waals surface area contributed by atoms with Crippen LogP contribution in [0, 0.1) is 17.1 Å². The minimum Gasteiger partial charge on any atom is -0.369 e. The summed E-state index contributed by atoms with van der Waals surface area (Å²) >= 11 is 6.17. The molecule has 0 fully saturated rings. The van der Waals surface area contributed by atoms with Crippen molar-refractivity contribution in [2.45, 2.75) is 0 Å². The fraction of sp³-hybridized carbons (Fsp3) is 0. The van der Waals surface area contributed by atoms with E-state index in [2.05, 4.69) is 4.98 Å². The number of hydrogen-bond acceptors (Lipinski definition) is 3. The Bertz CT molecular complexity index is 863. The van der Waals surface area contributed by atoms with Gasteiger partial charge in [0, 0.05) is 0 Å². The molecule has 4 nitrogen and oxygen atoms in total. The number of aromatic nitrogens is 2. The normalized spacial score (nSPS) is 10.7. The highest BCUT2D eigenvalue weighted by Gasteiger charge is 2.14. The Balaban J connectivity index is 2.35. The summed E-state index contributed by atoms with van der Waals surface area (Å²) in [5, 5.41) is 9.39. The number of nitriles is 1. The molecular weight excluding hydrogens is 279 g/mol. The second-order valence-electron chi connectivity index (χ2n) is 4.19. The zero-order valence-corrected chi connectivity index (χ0v) is 10.9. The van der Waals surface area contributed by atoms with Gasteiger partial charge in [-0.2, -0.15) is 5.26 Å². The fourth-order valence-electron chi connectivity index (χ4n) is 2.10. The fourth-order valence-corrected chi connectivity index (χ4v) is 2.36. The van der Waals surface area contributed by atoms with Gasteiger partial charge >= 0.3 is 0 Å². The Labute approximate surface area is 118 Å². The van der Waals surface area contributed by atoms with Gasteiger partial charge < -0.3 is 5.73 Å². The van der Waals surface area contributed by atoms with Crippen molar-refractivity contribution in [1.29, 1.82) is 5.26 Å². The molecule has 0 saturated heterocycles. The van der Waals surface area contributed by atoms with Crippen LogP contribution >= 0.6 is 11.6 Å². The topological polar surface area (TPSA) is 67.6 Å². The predicted octanol–water partition coefficient (Wildman–Crippen LogP) is 3.27. The summed E-state index contributed by atoms with van der Waals surface area (Å²) in [6, 6.07) is 11.2. The molecule has 6 heteroatoms. The summed E-state index contributed by atoms with van der Waals surface area (Å²) in [6.45, 7) is 0. The van der Waals surface area contributed by atoms with Gasteiger partial charge in [0.1, 0.15) is 11.9 Å². The molecule has 0 radical (unpaired) electrons. The molecule has 0 amide bonds. The van der Waals surface area contributed by atoms with Crippen LogP contribution in [0.3, 0.4) is 0 Å². The van der Waals surface area contributed by atoms with Crippen LogP contribution < -0.4 is 5.73 Å². The highest BCUT2D eigenvalue weighted by molar-refractivity contribution is 6.35. The maximum atomic E-state index is 13.4. The molecule has 20 heavy (non-hydrogen) atoms. The third-order valence-corrected chi connectivity index (χ3v) is 3.29. The lowest BCUT2D eigenvalue weighted by atomic mass is 10.2. The Morgan fingerprint density at radius 2 is 2.10 bits per heavy atom.